The molecule has 2 aromatic rings. The number of likely N-dealkylation sites (N-methyl/N-ethyl adjacent to an activating group) is 1. The predicted octanol–water partition coefficient (Wildman–Crippen LogP) is 2.91. The topological polar surface area (TPSA) is 58.1 Å². The first-order chi connectivity index (χ1) is 10.3. The van der Waals surface area contributed by atoms with Gasteiger partial charge in [0.2, 0.25) is 11.0 Å². The molecule has 0 atom stereocenters. The van der Waals surface area contributed by atoms with E-state index in [-0.39, 0.29) is 11.3 Å². The van der Waals surface area contributed by atoms with E-state index in [2.05, 4.69) is 60.6 Å². The van der Waals surface area contributed by atoms with E-state index in [1.54, 1.807) is 5.51 Å². The van der Waals surface area contributed by atoms with Crippen LogP contribution in [0.2, 0.25) is 0 Å². The van der Waals surface area contributed by atoms with Gasteiger partial charge in [0.1, 0.15) is 5.51 Å². The molecule has 118 valence electrons. The Labute approximate surface area is 135 Å². The molecule has 1 heterocycles. The van der Waals surface area contributed by atoms with Gasteiger partial charge in [-0.15, -0.1) is 10.2 Å². The number of nitrogens with zero attached hydrogens (tertiary/aromatic N) is 3. The number of benzene rings is 1. The average Bonchev–Trinajstić information content (AvgIpc) is 2.90. The quantitative estimate of drug-likeness (QED) is 0.921. The van der Waals surface area contributed by atoms with Crippen molar-refractivity contribution < 1.29 is 4.79 Å². The van der Waals surface area contributed by atoms with E-state index in [1.807, 2.05) is 11.9 Å². The van der Waals surface area contributed by atoms with Crippen LogP contribution >= 0.6 is 11.3 Å². The number of carbonyl (C=O) groups excluding carboxylic acids is 1. The van der Waals surface area contributed by atoms with Crippen LogP contribution in [0, 0.1) is 0 Å². The minimum absolute atomic E-state index is 0.0782. The third-order valence-electron chi connectivity index (χ3n) is 3.29. The van der Waals surface area contributed by atoms with E-state index in [0.29, 0.717) is 11.7 Å². The molecule has 0 aliphatic rings. The Morgan fingerprint density at radius 3 is 2.50 bits per heavy atom. The van der Waals surface area contributed by atoms with Crippen molar-refractivity contribution in [3.05, 3.63) is 40.9 Å². The summed E-state index contributed by atoms with van der Waals surface area (Å²) in [4.78, 5) is 13.9. The SMILES string of the molecule is CN(CC(=O)Nc1nncs1)Cc1ccc(C(C)(C)C)cc1. The van der Waals surface area contributed by atoms with Gasteiger partial charge in [0.05, 0.1) is 6.54 Å². The maximum absolute atomic E-state index is 11.9. The summed E-state index contributed by atoms with van der Waals surface area (Å²) in [6, 6.07) is 8.56. The molecule has 22 heavy (non-hydrogen) atoms. The van der Waals surface area contributed by atoms with Gasteiger partial charge in [-0.25, -0.2) is 0 Å². The van der Waals surface area contributed by atoms with Crippen molar-refractivity contribution in [2.24, 2.45) is 0 Å². The first kappa shape index (κ1) is 16.6. The molecule has 5 nitrogen and oxygen atoms in total. The van der Waals surface area contributed by atoms with E-state index < -0.39 is 0 Å². The molecule has 0 bridgehead atoms. The number of rotatable bonds is 5. The summed E-state index contributed by atoms with van der Waals surface area (Å²) in [5.74, 6) is -0.0782. The molecule has 1 amide bonds. The lowest BCUT2D eigenvalue weighted by Gasteiger charge is -2.20. The lowest BCUT2D eigenvalue weighted by Crippen LogP contribution is -2.29. The highest BCUT2D eigenvalue weighted by Gasteiger charge is 2.13. The minimum Gasteiger partial charge on any atom is -0.299 e. The number of nitrogens with one attached hydrogen (secondary N) is 1. The van der Waals surface area contributed by atoms with Gasteiger partial charge in [0.15, 0.2) is 0 Å². The summed E-state index contributed by atoms with van der Waals surface area (Å²) in [6.07, 6.45) is 0. The molecule has 0 aliphatic heterocycles. The highest BCUT2D eigenvalue weighted by Crippen LogP contribution is 2.22. The van der Waals surface area contributed by atoms with E-state index in [4.69, 9.17) is 0 Å². The fraction of sp³-hybridized carbons (Fsp3) is 0.438. The zero-order valence-corrected chi connectivity index (χ0v) is 14.3. The second kappa shape index (κ2) is 6.98. The van der Waals surface area contributed by atoms with Crippen LogP contribution in [0.5, 0.6) is 0 Å². The number of aromatic nitrogens is 2. The highest BCUT2D eigenvalue weighted by atomic mass is 32.1. The van der Waals surface area contributed by atoms with E-state index in [0.717, 1.165) is 6.54 Å². The summed E-state index contributed by atoms with van der Waals surface area (Å²) in [6.45, 7) is 7.65. The summed E-state index contributed by atoms with van der Waals surface area (Å²) in [5, 5.41) is 10.8. The van der Waals surface area contributed by atoms with Crippen LogP contribution < -0.4 is 5.32 Å². The Morgan fingerprint density at radius 2 is 1.95 bits per heavy atom. The zero-order valence-electron chi connectivity index (χ0n) is 13.5. The van der Waals surface area contributed by atoms with Gasteiger partial charge in [-0.05, 0) is 23.6 Å². The van der Waals surface area contributed by atoms with Gasteiger partial charge in [0, 0.05) is 6.54 Å². The monoisotopic (exact) mass is 318 g/mol. The maximum Gasteiger partial charge on any atom is 0.240 e. The molecular weight excluding hydrogens is 296 g/mol. The first-order valence-electron chi connectivity index (χ1n) is 7.18. The Kier molecular flexibility index (Phi) is 5.26. The zero-order chi connectivity index (χ0) is 16.2. The Morgan fingerprint density at radius 1 is 1.27 bits per heavy atom. The van der Waals surface area contributed by atoms with E-state index in [1.165, 1.54) is 22.5 Å². The molecule has 6 heteroatoms. The Balaban J connectivity index is 1.86. The normalized spacial score (nSPS) is 11.7. The van der Waals surface area contributed by atoms with Gasteiger partial charge >= 0.3 is 0 Å². The van der Waals surface area contributed by atoms with Crippen molar-refractivity contribution in [3.63, 3.8) is 0 Å². The first-order valence-corrected chi connectivity index (χ1v) is 8.06. The van der Waals surface area contributed by atoms with Crippen LogP contribution in [0.4, 0.5) is 5.13 Å². The smallest absolute Gasteiger partial charge is 0.240 e. The van der Waals surface area contributed by atoms with Crippen LogP contribution in [0.15, 0.2) is 29.8 Å². The van der Waals surface area contributed by atoms with E-state index >= 15 is 0 Å². The highest BCUT2D eigenvalue weighted by molar-refractivity contribution is 7.13. The van der Waals surface area contributed by atoms with Gasteiger partial charge < -0.3 is 0 Å². The molecule has 0 spiro atoms. The third kappa shape index (κ3) is 4.89. The molecule has 1 aromatic carbocycles. The molecule has 0 aliphatic carbocycles. The third-order valence-corrected chi connectivity index (χ3v) is 3.90. The Bertz CT molecular complexity index is 602. The molecule has 0 saturated heterocycles. The average molecular weight is 318 g/mol. The van der Waals surface area contributed by atoms with Crippen LogP contribution in [-0.2, 0) is 16.8 Å². The number of anilines is 1. The van der Waals surface area contributed by atoms with Gasteiger partial charge in [-0.3, -0.25) is 15.0 Å². The summed E-state index contributed by atoms with van der Waals surface area (Å²) in [7, 11) is 1.93. The molecule has 0 saturated carbocycles. The number of hydrogen-bond acceptors (Lipinski definition) is 5. The molecular formula is C16H22N4OS. The Hall–Kier alpha value is -1.79. The number of hydrogen-bond donors (Lipinski definition) is 1. The molecule has 2 rings (SSSR count). The predicted molar refractivity (Wildman–Crippen MR) is 90.0 cm³/mol. The van der Waals surface area contributed by atoms with Crippen molar-refractivity contribution in [2.45, 2.75) is 32.7 Å². The lowest BCUT2D eigenvalue weighted by atomic mass is 9.87. The second-order valence-corrected chi connectivity index (χ2v) is 7.24. The molecule has 1 aromatic heterocycles. The number of carbonyl (C=O) groups is 1. The van der Waals surface area contributed by atoms with Gasteiger partial charge in [-0.2, -0.15) is 0 Å². The minimum atomic E-state index is -0.0782. The molecule has 0 radical (unpaired) electrons. The van der Waals surface area contributed by atoms with Crippen molar-refractivity contribution >= 4 is 22.4 Å². The summed E-state index contributed by atoms with van der Waals surface area (Å²) < 4.78 is 0. The van der Waals surface area contributed by atoms with Crippen LogP contribution in [0.25, 0.3) is 0 Å². The summed E-state index contributed by atoms with van der Waals surface area (Å²) >= 11 is 1.31. The van der Waals surface area contributed by atoms with Crippen molar-refractivity contribution in [1.82, 2.24) is 15.1 Å². The van der Waals surface area contributed by atoms with Crippen LogP contribution in [-0.4, -0.2) is 34.6 Å². The van der Waals surface area contributed by atoms with Crippen LogP contribution in [0.3, 0.4) is 0 Å². The van der Waals surface area contributed by atoms with E-state index in [9.17, 15) is 4.79 Å². The number of amides is 1. The van der Waals surface area contributed by atoms with Crippen molar-refractivity contribution in [2.75, 3.05) is 18.9 Å². The van der Waals surface area contributed by atoms with Crippen molar-refractivity contribution in [3.8, 4) is 0 Å². The lowest BCUT2D eigenvalue weighted by molar-refractivity contribution is -0.117. The van der Waals surface area contributed by atoms with Crippen molar-refractivity contribution in [1.29, 1.82) is 0 Å². The largest absolute Gasteiger partial charge is 0.299 e. The second-order valence-electron chi connectivity index (χ2n) is 6.41. The van der Waals surface area contributed by atoms with Crippen LogP contribution in [0.1, 0.15) is 31.9 Å². The van der Waals surface area contributed by atoms with Gasteiger partial charge in [-0.1, -0.05) is 56.4 Å². The maximum atomic E-state index is 11.9. The van der Waals surface area contributed by atoms with Gasteiger partial charge in [0.25, 0.3) is 0 Å². The fourth-order valence-electron chi connectivity index (χ4n) is 2.11. The summed E-state index contributed by atoms with van der Waals surface area (Å²) in [5.41, 5.74) is 4.26. The molecule has 0 unspecified atom stereocenters. The molecule has 0 fully saturated rings. The fourth-order valence-corrected chi connectivity index (χ4v) is 2.57. The standard InChI is InChI=1S/C16H22N4OS/c1-16(2,3)13-7-5-12(6-8-13)9-20(4)10-14(21)18-15-19-17-11-22-15/h5-8,11H,9-10H2,1-4H3,(H,18,19,21). The molecule has 1 N–H and O–H groups in total.